The Labute approximate surface area is 146 Å². The number of hydrogen-bond acceptors (Lipinski definition) is 3. The predicted octanol–water partition coefficient (Wildman–Crippen LogP) is 5.78. The van der Waals surface area contributed by atoms with Crippen molar-refractivity contribution in [3.05, 3.63) is 72.8 Å². The van der Waals surface area contributed by atoms with Crippen molar-refractivity contribution in [2.75, 3.05) is 14.2 Å². The molecule has 0 aliphatic rings. The van der Waals surface area contributed by atoms with Gasteiger partial charge in [0.25, 0.3) is 0 Å². The van der Waals surface area contributed by atoms with Crippen LogP contribution in [0.25, 0.3) is 33.4 Å². The smallest absolute Gasteiger partial charge is 0.161 e. The van der Waals surface area contributed by atoms with Gasteiger partial charge in [0.1, 0.15) is 11.3 Å². The monoisotopic (exact) mass is 330 g/mol. The maximum atomic E-state index is 6.22. The summed E-state index contributed by atoms with van der Waals surface area (Å²) in [6.07, 6.45) is 0. The molecule has 3 nitrogen and oxygen atoms in total. The molecule has 0 saturated heterocycles. The van der Waals surface area contributed by atoms with Crippen molar-refractivity contribution >= 4 is 11.0 Å². The van der Waals surface area contributed by atoms with Gasteiger partial charge in [-0.3, -0.25) is 0 Å². The lowest BCUT2D eigenvalue weighted by Gasteiger charge is -2.09. The van der Waals surface area contributed by atoms with E-state index >= 15 is 0 Å². The Bertz CT molecular complexity index is 1020. The van der Waals surface area contributed by atoms with E-state index in [4.69, 9.17) is 13.9 Å². The number of ether oxygens (including phenoxy) is 2. The lowest BCUT2D eigenvalue weighted by Crippen LogP contribution is -1.91. The molecule has 0 aliphatic carbocycles. The van der Waals surface area contributed by atoms with E-state index in [0.717, 1.165) is 33.4 Å². The molecular weight excluding hydrogens is 312 g/mol. The van der Waals surface area contributed by atoms with E-state index in [1.165, 1.54) is 0 Å². The van der Waals surface area contributed by atoms with Crippen LogP contribution in [-0.4, -0.2) is 14.2 Å². The summed E-state index contributed by atoms with van der Waals surface area (Å²) in [5.41, 5.74) is 4.03. The fraction of sp³-hybridized carbons (Fsp3) is 0.0909. The highest BCUT2D eigenvalue weighted by Gasteiger charge is 2.18. The first-order valence-electron chi connectivity index (χ1n) is 8.11. The van der Waals surface area contributed by atoms with E-state index in [1.54, 1.807) is 14.2 Å². The van der Waals surface area contributed by atoms with Crippen LogP contribution in [0.4, 0.5) is 0 Å². The van der Waals surface area contributed by atoms with Gasteiger partial charge < -0.3 is 13.9 Å². The van der Waals surface area contributed by atoms with E-state index in [-0.39, 0.29) is 0 Å². The summed E-state index contributed by atoms with van der Waals surface area (Å²) < 4.78 is 17.0. The Balaban J connectivity index is 1.99. The number of fused-ring (bicyclic) bond motifs is 1. The van der Waals surface area contributed by atoms with E-state index in [1.807, 2.05) is 54.6 Å². The predicted molar refractivity (Wildman–Crippen MR) is 100 cm³/mol. The Morgan fingerprint density at radius 3 is 2.16 bits per heavy atom. The first kappa shape index (κ1) is 15.3. The lowest BCUT2D eigenvalue weighted by atomic mass is 9.98. The molecule has 0 amide bonds. The molecule has 4 aromatic rings. The van der Waals surface area contributed by atoms with E-state index in [9.17, 15) is 0 Å². The van der Waals surface area contributed by atoms with Gasteiger partial charge in [0.05, 0.1) is 14.2 Å². The van der Waals surface area contributed by atoms with Crippen LogP contribution in [0.15, 0.2) is 77.2 Å². The van der Waals surface area contributed by atoms with E-state index in [2.05, 4.69) is 18.2 Å². The van der Waals surface area contributed by atoms with Crippen LogP contribution in [0.5, 0.6) is 11.5 Å². The van der Waals surface area contributed by atoms with Gasteiger partial charge in [-0.15, -0.1) is 0 Å². The molecule has 4 rings (SSSR count). The van der Waals surface area contributed by atoms with Crippen LogP contribution < -0.4 is 9.47 Å². The molecule has 0 N–H and O–H groups in total. The first-order chi connectivity index (χ1) is 12.3. The van der Waals surface area contributed by atoms with Crippen molar-refractivity contribution in [1.82, 2.24) is 0 Å². The second kappa shape index (κ2) is 6.36. The molecule has 3 aromatic carbocycles. The summed E-state index contributed by atoms with van der Waals surface area (Å²) in [7, 11) is 3.27. The number of rotatable bonds is 4. The largest absolute Gasteiger partial charge is 0.493 e. The van der Waals surface area contributed by atoms with Crippen molar-refractivity contribution in [2.24, 2.45) is 0 Å². The Hall–Kier alpha value is -3.20. The number of benzene rings is 3. The van der Waals surface area contributed by atoms with Crippen LogP contribution in [0.3, 0.4) is 0 Å². The third-order valence-corrected chi connectivity index (χ3v) is 4.30. The molecule has 1 heterocycles. The summed E-state index contributed by atoms with van der Waals surface area (Å²) in [5.74, 6) is 2.21. The minimum Gasteiger partial charge on any atom is -0.493 e. The van der Waals surface area contributed by atoms with Gasteiger partial charge in [0, 0.05) is 16.5 Å². The van der Waals surface area contributed by atoms with Gasteiger partial charge in [-0.05, 0) is 29.8 Å². The van der Waals surface area contributed by atoms with Crippen LogP contribution in [0.2, 0.25) is 0 Å². The van der Waals surface area contributed by atoms with Crippen molar-refractivity contribution in [2.45, 2.75) is 0 Å². The molecule has 0 saturated carbocycles. The number of hydrogen-bond donors (Lipinski definition) is 0. The Morgan fingerprint density at radius 2 is 1.40 bits per heavy atom. The summed E-state index contributed by atoms with van der Waals surface area (Å²) in [5, 5.41) is 1.10. The quantitative estimate of drug-likeness (QED) is 0.475. The zero-order valence-electron chi connectivity index (χ0n) is 14.2. The third-order valence-electron chi connectivity index (χ3n) is 4.30. The van der Waals surface area contributed by atoms with Crippen LogP contribution in [0, 0.1) is 0 Å². The molecule has 1 aromatic heterocycles. The highest BCUT2D eigenvalue weighted by molar-refractivity contribution is 6.01. The zero-order valence-corrected chi connectivity index (χ0v) is 14.2. The fourth-order valence-electron chi connectivity index (χ4n) is 3.12. The Kier molecular flexibility index (Phi) is 3.90. The highest BCUT2D eigenvalue weighted by atomic mass is 16.5. The maximum Gasteiger partial charge on any atom is 0.161 e. The van der Waals surface area contributed by atoms with Crippen LogP contribution >= 0.6 is 0 Å². The highest BCUT2D eigenvalue weighted by Crippen LogP contribution is 2.42. The molecule has 0 radical (unpaired) electrons. The zero-order chi connectivity index (χ0) is 17.2. The minimum atomic E-state index is 0.680. The average molecular weight is 330 g/mol. The van der Waals surface area contributed by atoms with Crippen molar-refractivity contribution in [3.63, 3.8) is 0 Å². The molecule has 0 bridgehead atoms. The average Bonchev–Trinajstić information content (AvgIpc) is 3.07. The number of para-hydroxylation sites is 1. The molecule has 0 fully saturated rings. The Morgan fingerprint density at radius 1 is 0.680 bits per heavy atom. The molecule has 0 atom stereocenters. The summed E-state index contributed by atoms with van der Waals surface area (Å²) >= 11 is 0. The lowest BCUT2D eigenvalue weighted by molar-refractivity contribution is 0.355. The molecule has 25 heavy (non-hydrogen) atoms. The summed E-state index contributed by atoms with van der Waals surface area (Å²) in [6.45, 7) is 0. The van der Waals surface area contributed by atoms with Crippen molar-refractivity contribution in [1.29, 1.82) is 0 Å². The maximum absolute atomic E-state index is 6.22. The molecular formula is C22H18O3. The molecule has 0 unspecified atom stereocenters. The number of furan rings is 1. The van der Waals surface area contributed by atoms with Gasteiger partial charge >= 0.3 is 0 Å². The van der Waals surface area contributed by atoms with E-state index < -0.39 is 0 Å². The second-order valence-electron chi connectivity index (χ2n) is 5.74. The summed E-state index contributed by atoms with van der Waals surface area (Å²) in [4.78, 5) is 0. The fourth-order valence-corrected chi connectivity index (χ4v) is 3.12. The normalized spacial score (nSPS) is 10.8. The topological polar surface area (TPSA) is 31.6 Å². The molecule has 0 aliphatic heterocycles. The summed E-state index contributed by atoms with van der Waals surface area (Å²) in [6, 6.07) is 24.2. The molecule has 3 heteroatoms. The minimum absolute atomic E-state index is 0.680. The van der Waals surface area contributed by atoms with Crippen molar-refractivity contribution < 1.29 is 13.9 Å². The molecule has 124 valence electrons. The third kappa shape index (κ3) is 2.64. The van der Waals surface area contributed by atoms with Crippen LogP contribution in [0.1, 0.15) is 0 Å². The van der Waals surface area contributed by atoms with Gasteiger partial charge in [-0.1, -0.05) is 48.5 Å². The van der Waals surface area contributed by atoms with E-state index in [0.29, 0.717) is 11.5 Å². The van der Waals surface area contributed by atoms with Gasteiger partial charge in [-0.25, -0.2) is 0 Å². The standard InChI is InChI=1S/C22H18O3/c1-23-19-13-12-16(14-20(19)24-2)22-21(15-8-4-3-5-9-15)17-10-6-7-11-18(17)25-22/h3-14H,1-2H3. The van der Waals surface area contributed by atoms with Crippen molar-refractivity contribution in [3.8, 4) is 33.9 Å². The van der Waals surface area contributed by atoms with Gasteiger partial charge in [-0.2, -0.15) is 0 Å². The SMILES string of the molecule is COc1ccc(-c2oc3ccccc3c2-c2ccccc2)cc1OC. The number of methoxy groups -OCH3 is 2. The first-order valence-corrected chi connectivity index (χ1v) is 8.11. The van der Waals surface area contributed by atoms with Crippen LogP contribution in [-0.2, 0) is 0 Å². The molecule has 0 spiro atoms. The van der Waals surface area contributed by atoms with Gasteiger partial charge in [0.2, 0.25) is 0 Å². The van der Waals surface area contributed by atoms with Gasteiger partial charge in [0.15, 0.2) is 11.5 Å². The second-order valence-corrected chi connectivity index (χ2v) is 5.74.